The number of aliphatic hydroxyl groups is 5. The SMILES string of the molecule is C[C@H]1O[C@@H](O[C@@H]2[C@@H](N)[C@H](O)O[C@H](CN)[C@H]2O[C@H]2O[C@H](CN)[C@@H](O)[C@H](O)[C@H]2N)[C@H](O)[C@@H](O)[C@@H]1N. The Balaban J connectivity index is 1.83. The molecule has 0 aromatic heterocycles. The van der Waals surface area contributed by atoms with E-state index in [0.717, 1.165) is 0 Å². The maximum Gasteiger partial charge on any atom is 0.186 e. The minimum absolute atomic E-state index is 0.122. The molecule has 15 nitrogen and oxygen atoms in total. The van der Waals surface area contributed by atoms with Gasteiger partial charge in [-0.25, -0.2) is 0 Å². The van der Waals surface area contributed by atoms with Gasteiger partial charge in [0.15, 0.2) is 18.9 Å². The second-order valence-electron chi connectivity index (χ2n) is 8.68. The van der Waals surface area contributed by atoms with Gasteiger partial charge in [-0.1, -0.05) is 0 Å². The maximum atomic E-state index is 10.4. The van der Waals surface area contributed by atoms with Crippen molar-refractivity contribution in [2.45, 2.75) is 98.9 Å². The summed E-state index contributed by atoms with van der Waals surface area (Å²) in [5, 5.41) is 51.3. The topological polar surface area (TPSA) is 277 Å². The van der Waals surface area contributed by atoms with Crippen molar-refractivity contribution in [2.24, 2.45) is 28.7 Å². The Morgan fingerprint density at radius 3 is 1.82 bits per heavy atom. The number of ether oxygens (including phenoxy) is 5. The van der Waals surface area contributed by atoms with Gasteiger partial charge in [0.1, 0.15) is 48.8 Å². The Morgan fingerprint density at radius 2 is 1.21 bits per heavy atom. The first kappa shape index (κ1) is 27.0. The standard InChI is InChI=1S/C18H37N5O10/c1-4-7(21)11(25)13(27)18(29-4)33-15-9(23)16(28)30-6(3-20)14(15)32-17-8(22)12(26)10(24)5(2-19)31-17/h4-18,24-28H,2-3,19-23H2,1H3/t4-,5-,6-,7-,8-,9-,10-,11+,12-,13-,14-,15-,16-,17-,18+/m1/s1. The quantitative estimate of drug-likeness (QED) is 0.168. The number of aliphatic hydroxyl groups excluding tert-OH is 5. The normalized spacial score (nSPS) is 53.7. The summed E-state index contributed by atoms with van der Waals surface area (Å²) in [6.45, 7) is 1.34. The van der Waals surface area contributed by atoms with Crippen molar-refractivity contribution in [1.82, 2.24) is 0 Å². The van der Waals surface area contributed by atoms with Crippen LogP contribution in [-0.4, -0.2) is 131 Å². The Morgan fingerprint density at radius 1 is 0.636 bits per heavy atom. The van der Waals surface area contributed by atoms with Gasteiger partial charge in [-0.15, -0.1) is 0 Å². The molecule has 0 radical (unpaired) electrons. The third-order valence-corrected chi connectivity index (χ3v) is 6.42. The van der Waals surface area contributed by atoms with E-state index in [0.29, 0.717) is 0 Å². The van der Waals surface area contributed by atoms with Crippen molar-refractivity contribution < 1.29 is 49.2 Å². The molecule has 0 aromatic rings. The molecule has 0 unspecified atom stereocenters. The van der Waals surface area contributed by atoms with Crippen LogP contribution in [-0.2, 0) is 23.7 Å². The van der Waals surface area contributed by atoms with Crippen LogP contribution in [0.3, 0.4) is 0 Å². The number of rotatable bonds is 6. The van der Waals surface area contributed by atoms with E-state index in [9.17, 15) is 25.5 Å². The zero-order chi connectivity index (χ0) is 24.6. The van der Waals surface area contributed by atoms with Crippen LogP contribution < -0.4 is 28.7 Å². The number of hydrogen-bond acceptors (Lipinski definition) is 15. The highest BCUT2D eigenvalue weighted by molar-refractivity contribution is 4.99. The van der Waals surface area contributed by atoms with Crippen molar-refractivity contribution in [1.29, 1.82) is 0 Å². The average molecular weight is 484 g/mol. The second kappa shape index (κ2) is 11.0. The lowest BCUT2D eigenvalue weighted by molar-refractivity contribution is -0.350. The van der Waals surface area contributed by atoms with E-state index in [1.54, 1.807) is 6.92 Å². The van der Waals surface area contributed by atoms with E-state index in [4.69, 9.17) is 52.4 Å². The fraction of sp³-hybridized carbons (Fsp3) is 1.00. The molecule has 3 aliphatic rings. The highest BCUT2D eigenvalue weighted by Crippen LogP contribution is 2.31. The predicted molar refractivity (Wildman–Crippen MR) is 110 cm³/mol. The van der Waals surface area contributed by atoms with E-state index >= 15 is 0 Å². The third-order valence-electron chi connectivity index (χ3n) is 6.42. The lowest BCUT2D eigenvalue weighted by Gasteiger charge is -2.49. The van der Waals surface area contributed by atoms with E-state index < -0.39 is 91.9 Å². The maximum absolute atomic E-state index is 10.4. The molecule has 0 aromatic carbocycles. The Kier molecular flexibility index (Phi) is 8.99. The lowest BCUT2D eigenvalue weighted by Crippen LogP contribution is -2.69. The minimum atomic E-state index is -1.52. The van der Waals surface area contributed by atoms with Crippen molar-refractivity contribution in [2.75, 3.05) is 13.1 Å². The van der Waals surface area contributed by atoms with Crippen LogP contribution in [0.15, 0.2) is 0 Å². The second-order valence-corrected chi connectivity index (χ2v) is 8.68. The van der Waals surface area contributed by atoms with Crippen molar-refractivity contribution in [3.05, 3.63) is 0 Å². The van der Waals surface area contributed by atoms with Gasteiger partial charge in [-0.3, -0.25) is 0 Å². The molecule has 3 rings (SSSR count). The van der Waals surface area contributed by atoms with Gasteiger partial charge >= 0.3 is 0 Å². The first-order valence-corrected chi connectivity index (χ1v) is 10.9. The molecule has 0 bridgehead atoms. The Hall–Kier alpha value is -0.600. The fourth-order valence-electron chi connectivity index (χ4n) is 4.20. The summed E-state index contributed by atoms with van der Waals surface area (Å²) < 4.78 is 28.5. The zero-order valence-electron chi connectivity index (χ0n) is 18.2. The van der Waals surface area contributed by atoms with Crippen LogP contribution in [0.4, 0.5) is 0 Å². The molecule has 3 fully saturated rings. The zero-order valence-corrected chi connectivity index (χ0v) is 18.2. The molecular weight excluding hydrogens is 446 g/mol. The van der Waals surface area contributed by atoms with E-state index in [-0.39, 0.29) is 13.1 Å². The van der Waals surface area contributed by atoms with Crippen LogP contribution in [0.25, 0.3) is 0 Å². The Bertz CT molecular complexity index is 637. The van der Waals surface area contributed by atoms with E-state index in [1.807, 2.05) is 0 Å². The van der Waals surface area contributed by atoms with Gasteiger partial charge < -0.3 is 77.9 Å². The average Bonchev–Trinajstić information content (AvgIpc) is 2.80. The molecular formula is C18H37N5O10. The van der Waals surface area contributed by atoms with Crippen LogP contribution >= 0.6 is 0 Å². The lowest BCUT2D eigenvalue weighted by atomic mass is 9.94. The molecule has 3 heterocycles. The summed E-state index contributed by atoms with van der Waals surface area (Å²) in [5.41, 5.74) is 29.3. The molecule has 0 saturated carbocycles. The highest BCUT2D eigenvalue weighted by Gasteiger charge is 2.52. The minimum Gasteiger partial charge on any atom is -0.388 e. The number of nitrogens with two attached hydrogens (primary N) is 5. The smallest absolute Gasteiger partial charge is 0.186 e. The van der Waals surface area contributed by atoms with Gasteiger partial charge in [-0.2, -0.15) is 0 Å². The van der Waals surface area contributed by atoms with Crippen molar-refractivity contribution in [3.8, 4) is 0 Å². The fourth-order valence-corrected chi connectivity index (χ4v) is 4.20. The van der Waals surface area contributed by atoms with Gasteiger partial charge in [-0.05, 0) is 6.92 Å². The predicted octanol–water partition coefficient (Wildman–Crippen LogP) is -6.71. The third kappa shape index (κ3) is 5.32. The van der Waals surface area contributed by atoms with Crippen LogP contribution in [0.2, 0.25) is 0 Å². The van der Waals surface area contributed by atoms with Gasteiger partial charge in [0.25, 0.3) is 0 Å². The molecule has 0 aliphatic carbocycles. The molecule has 3 aliphatic heterocycles. The monoisotopic (exact) mass is 483 g/mol. The molecule has 0 spiro atoms. The van der Waals surface area contributed by atoms with Crippen LogP contribution in [0.5, 0.6) is 0 Å². The molecule has 15 N–H and O–H groups in total. The van der Waals surface area contributed by atoms with E-state index in [2.05, 4.69) is 0 Å². The first-order valence-electron chi connectivity index (χ1n) is 10.9. The van der Waals surface area contributed by atoms with Crippen molar-refractivity contribution in [3.63, 3.8) is 0 Å². The van der Waals surface area contributed by atoms with Gasteiger partial charge in [0.05, 0.1) is 24.2 Å². The van der Waals surface area contributed by atoms with Gasteiger partial charge in [0.2, 0.25) is 0 Å². The summed E-state index contributed by atoms with van der Waals surface area (Å²) >= 11 is 0. The summed E-state index contributed by atoms with van der Waals surface area (Å²) in [6.07, 6.45) is -14.7. The molecule has 0 amide bonds. The summed E-state index contributed by atoms with van der Waals surface area (Å²) in [4.78, 5) is 0. The van der Waals surface area contributed by atoms with Crippen LogP contribution in [0, 0.1) is 0 Å². The van der Waals surface area contributed by atoms with E-state index in [1.165, 1.54) is 0 Å². The summed E-state index contributed by atoms with van der Waals surface area (Å²) in [7, 11) is 0. The largest absolute Gasteiger partial charge is 0.388 e. The summed E-state index contributed by atoms with van der Waals surface area (Å²) in [5.74, 6) is 0. The molecule has 15 heteroatoms. The number of hydrogen-bond donors (Lipinski definition) is 10. The van der Waals surface area contributed by atoms with Crippen LogP contribution in [0.1, 0.15) is 6.92 Å². The van der Waals surface area contributed by atoms with Crippen molar-refractivity contribution >= 4 is 0 Å². The molecule has 3 saturated heterocycles. The Labute approximate surface area is 190 Å². The molecule has 194 valence electrons. The summed E-state index contributed by atoms with van der Waals surface area (Å²) in [6, 6.07) is -3.23. The highest BCUT2D eigenvalue weighted by atomic mass is 16.7. The molecule has 15 atom stereocenters. The first-order chi connectivity index (χ1) is 15.5. The molecule has 33 heavy (non-hydrogen) atoms. The van der Waals surface area contributed by atoms with Gasteiger partial charge in [0, 0.05) is 13.1 Å².